The number of benzene rings is 1. The maximum absolute atomic E-state index is 13.8. The quantitative estimate of drug-likeness (QED) is 0.368. The van der Waals surface area contributed by atoms with E-state index in [1.807, 2.05) is 4.90 Å². The fraction of sp³-hybridized carbons (Fsp3) is 0.500. The van der Waals surface area contributed by atoms with Gasteiger partial charge in [-0.3, -0.25) is 9.52 Å². The van der Waals surface area contributed by atoms with Crippen LogP contribution in [0.3, 0.4) is 0 Å². The average molecular weight is 572 g/mol. The Balaban J connectivity index is 1.29. The van der Waals surface area contributed by atoms with Gasteiger partial charge in [-0.25, -0.2) is 17.8 Å². The Morgan fingerprint density at radius 1 is 1.07 bits per heavy atom. The van der Waals surface area contributed by atoms with Gasteiger partial charge in [-0.2, -0.15) is 0 Å². The summed E-state index contributed by atoms with van der Waals surface area (Å²) in [6.45, 7) is 2.09. The van der Waals surface area contributed by atoms with Crippen LogP contribution in [0.2, 0.25) is 0 Å². The molecule has 1 saturated carbocycles. The summed E-state index contributed by atoms with van der Waals surface area (Å²) in [5, 5.41) is 12.8. The average Bonchev–Trinajstić information content (AvgIpc) is 3.50. The molecular weight excluding hydrogens is 537 g/mol. The number of pyridine rings is 1. The SMILES string of the molecule is O=C(Nc1cc2ccoc2c(N2CCC(F)CC2)n1)c1ccc(NS(=O)(=O)CCO)cc1N1CCC2(CC1)CC2. The maximum Gasteiger partial charge on any atom is 0.258 e. The number of hydrogen-bond donors (Lipinski definition) is 3. The Hall–Kier alpha value is -3.38. The topological polar surface area (TPSA) is 128 Å². The van der Waals surface area contributed by atoms with Gasteiger partial charge in [-0.05, 0) is 74.3 Å². The second-order valence-corrected chi connectivity index (χ2v) is 13.0. The van der Waals surface area contributed by atoms with E-state index in [0.717, 1.165) is 31.3 Å². The molecule has 1 aliphatic carbocycles. The van der Waals surface area contributed by atoms with Gasteiger partial charge in [0, 0.05) is 31.6 Å². The number of piperidine rings is 2. The highest BCUT2D eigenvalue weighted by molar-refractivity contribution is 7.92. The van der Waals surface area contributed by atoms with Crippen molar-refractivity contribution in [2.24, 2.45) is 5.41 Å². The summed E-state index contributed by atoms with van der Waals surface area (Å²) in [4.78, 5) is 22.5. The van der Waals surface area contributed by atoms with Crippen molar-refractivity contribution in [3.8, 4) is 0 Å². The summed E-state index contributed by atoms with van der Waals surface area (Å²) in [6, 6.07) is 8.41. The van der Waals surface area contributed by atoms with Gasteiger partial charge in [0.15, 0.2) is 11.4 Å². The van der Waals surface area contributed by atoms with Crippen molar-refractivity contribution in [1.29, 1.82) is 0 Å². The van der Waals surface area contributed by atoms with Gasteiger partial charge in [0.2, 0.25) is 10.0 Å². The van der Waals surface area contributed by atoms with Crippen LogP contribution in [0, 0.1) is 5.41 Å². The van der Waals surface area contributed by atoms with E-state index in [0.29, 0.717) is 65.5 Å². The number of furan rings is 1. The molecule has 0 radical (unpaired) electrons. The molecule has 214 valence electrons. The highest BCUT2D eigenvalue weighted by Gasteiger charge is 2.44. The smallest absolute Gasteiger partial charge is 0.258 e. The molecule has 2 aliphatic heterocycles. The zero-order valence-corrected chi connectivity index (χ0v) is 23.1. The van der Waals surface area contributed by atoms with Crippen LogP contribution < -0.4 is 19.8 Å². The predicted octanol–water partition coefficient (Wildman–Crippen LogP) is 4.13. The number of nitrogens with zero attached hydrogens (tertiary/aromatic N) is 3. The Morgan fingerprint density at radius 3 is 2.52 bits per heavy atom. The molecule has 4 heterocycles. The number of anilines is 4. The molecule has 3 N–H and O–H groups in total. The van der Waals surface area contributed by atoms with Crippen LogP contribution in [0.25, 0.3) is 11.0 Å². The van der Waals surface area contributed by atoms with E-state index in [2.05, 4.69) is 14.9 Å². The predicted molar refractivity (Wildman–Crippen MR) is 152 cm³/mol. The lowest BCUT2D eigenvalue weighted by atomic mass is 9.93. The minimum absolute atomic E-state index is 0.336. The number of nitrogens with one attached hydrogen (secondary N) is 2. The molecule has 3 aliphatic rings. The Morgan fingerprint density at radius 2 is 1.82 bits per heavy atom. The van der Waals surface area contributed by atoms with Crippen molar-refractivity contribution in [2.75, 3.05) is 58.4 Å². The number of alkyl halides is 1. The number of sulfonamides is 1. The first kappa shape index (κ1) is 26.8. The van der Waals surface area contributed by atoms with E-state index < -0.39 is 28.6 Å². The summed E-state index contributed by atoms with van der Waals surface area (Å²) in [5.74, 6) is 0.148. The monoisotopic (exact) mass is 571 g/mol. The number of carbonyl (C=O) groups excluding carboxylic acids is 1. The van der Waals surface area contributed by atoms with Crippen molar-refractivity contribution in [3.05, 3.63) is 42.2 Å². The third-order valence-corrected chi connectivity index (χ3v) is 9.65. The highest BCUT2D eigenvalue weighted by Crippen LogP contribution is 2.54. The molecule has 3 aromatic rings. The van der Waals surface area contributed by atoms with Crippen molar-refractivity contribution in [2.45, 2.75) is 44.7 Å². The molecular formula is C28H34FN5O5S. The molecule has 0 atom stereocenters. The number of rotatable bonds is 8. The Labute approximate surface area is 232 Å². The fourth-order valence-corrected chi connectivity index (χ4v) is 6.61. The molecule has 40 heavy (non-hydrogen) atoms. The second kappa shape index (κ2) is 10.5. The van der Waals surface area contributed by atoms with Crippen LogP contribution >= 0.6 is 0 Å². The number of aromatic nitrogens is 1. The first-order valence-corrected chi connectivity index (χ1v) is 15.5. The van der Waals surface area contributed by atoms with Crippen LogP contribution in [0.15, 0.2) is 41.0 Å². The standard InChI is InChI=1S/C28H34FN5O5S/c29-20-3-10-34(11-4-20)26-25-19(5-15-39-25)17-24(30-26)31-27(36)22-2-1-21(32-40(37,38)16-14-35)18-23(22)33-12-8-28(6-7-28)9-13-33/h1-2,5,15,17-18,20,32,35H,3-4,6-14,16H2,(H,30,31,36). The summed E-state index contributed by atoms with van der Waals surface area (Å²) in [6.07, 6.45) is 6.11. The molecule has 0 bridgehead atoms. The highest BCUT2D eigenvalue weighted by atomic mass is 32.2. The lowest BCUT2D eigenvalue weighted by molar-refractivity contribution is 0.102. The van der Waals surface area contributed by atoms with Crippen LogP contribution in [0.1, 0.15) is 48.9 Å². The Bertz CT molecular complexity index is 1500. The minimum atomic E-state index is -3.72. The minimum Gasteiger partial charge on any atom is -0.460 e. The van der Waals surface area contributed by atoms with Crippen LogP contribution in [-0.2, 0) is 10.0 Å². The summed E-state index contributed by atoms with van der Waals surface area (Å²) >= 11 is 0. The molecule has 1 amide bonds. The van der Waals surface area contributed by atoms with E-state index in [4.69, 9.17) is 14.5 Å². The number of aliphatic hydroxyl groups excluding tert-OH is 1. The zero-order chi connectivity index (χ0) is 27.9. The molecule has 12 heteroatoms. The summed E-state index contributed by atoms with van der Waals surface area (Å²) in [5.41, 5.74) is 2.41. The lowest BCUT2D eigenvalue weighted by Gasteiger charge is -2.35. The molecule has 0 unspecified atom stereocenters. The van der Waals surface area contributed by atoms with Crippen LogP contribution in [0.5, 0.6) is 0 Å². The van der Waals surface area contributed by atoms with E-state index in [-0.39, 0.29) is 5.91 Å². The van der Waals surface area contributed by atoms with E-state index in [1.165, 1.54) is 12.8 Å². The third kappa shape index (κ3) is 5.60. The van der Waals surface area contributed by atoms with Crippen molar-refractivity contribution >= 4 is 49.9 Å². The summed E-state index contributed by atoms with van der Waals surface area (Å²) in [7, 11) is -3.72. The van der Waals surface area contributed by atoms with Gasteiger partial charge >= 0.3 is 0 Å². The van der Waals surface area contributed by atoms with Gasteiger partial charge in [-0.15, -0.1) is 0 Å². The van der Waals surface area contributed by atoms with Gasteiger partial charge in [-0.1, -0.05) is 0 Å². The molecule has 1 aromatic carbocycles. The zero-order valence-electron chi connectivity index (χ0n) is 22.2. The van der Waals surface area contributed by atoms with Crippen molar-refractivity contribution in [3.63, 3.8) is 0 Å². The van der Waals surface area contributed by atoms with Gasteiger partial charge in [0.25, 0.3) is 5.91 Å². The van der Waals surface area contributed by atoms with E-state index >= 15 is 0 Å². The summed E-state index contributed by atoms with van der Waals surface area (Å²) < 4.78 is 46.6. The number of carbonyl (C=O) groups is 1. The first-order valence-electron chi connectivity index (χ1n) is 13.8. The number of halogens is 1. The van der Waals surface area contributed by atoms with E-state index in [9.17, 15) is 17.6 Å². The van der Waals surface area contributed by atoms with Crippen LogP contribution in [-0.4, -0.2) is 69.1 Å². The normalized spacial score (nSPS) is 19.2. The molecule has 2 saturated heterocycles. The van der Waals surface area contributed by atoms with Gasteiger partial charge in [0.1, 0.15) is 12.0 Å². The molecule has 2 aromatic heterocycles. The van der Waals surface area contributed by atoms with Crippen molar-refractivity contribution < 1.29 is 27.1 Å². The lowest BCUT2D eigenvalue weighted by Crippen LogP contribution is -2.36. The molecule has 3 fully saturated rings. The maximum atomic E-state index is 13.8. The molecule has 10 nitrogen and oxygen atoms in total. The first-order chi connectivity index (χ1) is 19.2. The van der Waals surface area contributed by atoms with Gasteiger partial charge < -0.3 is 24.6 Å². The molecule has 1 spiro atoms. The van der Waals surface area contributed by atoms with Gasteiger partial charge in [0.05, 0.1) is 35.6 Å². The number of fused-ring (bicyclic) bond motifs is 1. The number of aliphatic hydroxyl groups is 1. The largest absolute Gasteiger partial charge is 0.460 e. The van der Waals surface area contributed by atoms with E-state index in [1.54, 1.807) is 36.6 Å². The number of amides is 1. The van der Waals surface area contributed by atoms with Crippen molar-refractivity contribution in [1.82, 2.24) is 4.98 Å². The molecule has 6 rings (SSSR count). The number of hydrogen-bond acceptors (Lipinski definition) is 8. The third-order valence-electron chi connectivity index (χ3n) is 8.38. The fourth-order valence-electron chi connectivity index (χ4n) is 5.78. The Kier molecular flexibility index (Phi) is 7.07. The second-order valence-electron chi connectivity index (χ2n) is 11.1. The van der Waals surface area contributed by atoms with Crippen LogP contribution in [0.4, 0.5) is 27.4 Å².